The molecular formula is C16H26N4. The maximum Gasteiger partial charge on any atom is 0.225 e. The zero-order valence-corrected chi connectivity index (χ0v) is 12.7. The third-order valence-corrected chi connectivity index (χ3v) is 4.78. The molecule has 110 valence electrons. The molecule has 2 N–H and O–H groups in total. The Labute approximate surface area is 121 Å². The fourth-order valence-electron chi connectivity index (χ4n) is 3.45. The van der Waals surface area contributed by atoms with Gasteiger partial charge in [0.1, 0.15) is 0 Å². The summed E-state index contributed by atoms with van der Waals surface area (Å²) in [6.07, 6.45) is 7.92. The number of anilines is 1. The van der Waals surface area contributed by atoms with Crippen LogP contribution in [0.1, 0.15) is 44.4 Å². The lowest BCUT2D eigenvalue weighted by atomic mass is 9.76. The van der Waals surface area contributed by atoms with Gasteiger partial charge in [-0.3, -0.25) is 0 Å². The molecule has 0 amide bonds. The largest absolute Gasteiger partial charge is 0.340 e. The summed E-state index contributed by atoms with van der Waals surface area (Å²) in [6, 6.07) is 0. The van der Waals surface area contributed by atoms with Crippen LogP contribution < -0.4 is 10.6 Å². The second kappa shape index (κ2) is 5.32. The number of aryl methyl sites for hydroxylation is 1. The minimum atomic E-state index is 0.396. The van der Waals surface area contributed by atoms with E-state index in [0.29, 0.717) is 11.3 Å². The highest BCUT2D eigenvalue weighted by Crippen LogP contribution is 2.34. The molecule has 4 nitrogen and oxygen atoms in total. The van der Waals surface area contributed by atoms with Crippen molar-refractivity contribution >= 4 is 5.95 Å². The maximum absolute atomic E-state index is 5.82. The molecule has 20 heavy (non-hydrogen) atoms. The highest BCUT2D eigenvalue weighted by Gasteiger charge is 2.28. The summed E-state index contributed by atoms with van der Waals surface area (Å²) < 4.78 is 0. The van der Waals surface area contributed by atoms with E-state index in [9.17, 15) is 0 Å². The lowest BCUT2D eigenvalue weighted by Gasteiger charge is -2.34. The topological polar surface area (TPSA) is 55.0 Å². The molecule has 1 aliphatic carbocycles. The lowest BCUT2D eigenvalue weighted by molar-refractivity contribution is 0.311. The first-order valence-corrected chi connectivity index (χ1v) is 7.87. The van der Waals surface area contributed by atoms with Crippen molar-refractivity contribution in [2.75, 3.05) is 24.5 Å². The molecule has 2 heterocycles. The van der Waals surface area contributed by atoms with Crippen molar-refractivity contribution < 1.29 is 0 Å². The van der Waals surface area contributed by atoms with Crippen LogP contribution in [-0.4, -0.2) is 29.6 Å². The van der Waals surface area contributed by atoms with E-state index >= 15 is 0 Å². The van der Waals surface area contributed by atoms with Crippen LogP contribution in [0.5, 0.6) is 0 Å². The molecule has 1 aromatic heterocycles. The van der Waals surface area contributed by atoms with E-state index in [-0.39, 0.29) is 0 Å². The van der Waals surface area contributed by atoms with Crippen molar-refractivity contribution in [1.82, 2.24) is 9.97 Å². The molecule has 2 aliphatic rings. The van der Waals surface area contributed by atoms with E-state index < -0.39 is 0 Å². The molecule has 3 rings (SSSR count). The summed E-state index contributed by atoms with van der Waals surface area (Å²) in [5, 5.41) is 0. The van der Waals surface area contributed by atoms with E-state index in [0.717, 1.165) is 38.4 Å². The second-order valence-electron chi connectivity index (χ2n) is 7.17. The molecular weight excluding hydrogens is 248 g/mol. The molecule has 1 fully saturated rings. The fraction of sp³-hybridized carbons (Fsp3) is 0.750. The summed E-state index contributed by atoms with van der Waals surface area (Å²) in [5.41, 5.74) is 8.83. The SMILES string of the molecule is CC1(C)CCc2nc(N3CCCC(CN)C3)ncc2C1. The standard InChI is InChI=1S/C16H26N4/c1-16(2)6-5-14-13(8-16)10-18-15(19-14)20-7-3-4-12(9-17)11-20/h10,12H,3-9,11,17H2,1-2H3. The van der Waals surface area contributed by atoms with Crippen LogP contribution in [0.15, 0.2) is 6.20 Å². The third-order valence-electron chi connectivity index (χ3n) is 4.78. The highest BCUT2D eigenvalue weighted by molar-refractivity contribution is 5.35. The van der Waals surface area contributed by atoms with Crippen molar-refractivity contribution in [3.05, 3.63) is 17.5 Å². The number of piperidine rings is 1. The molecule has 1 atom stereocenters. The van der Waals surface area contributed by atoms with Crippen LogP contribution in [0, 0.1) is 11.3 Å². The van der Waals surface area contributed by atoms with Gasteiger partial charge in [-0.1, -0.05) is 13.8 Å². The van der Waals surface area contributed by atoms with Gasteiger partial charge in [-0.15, -0.1) is 0 Å². The van der Waals surface area contributed by atoms with Gasteiger partial charge >= 0.3 is 0 Å². The number of fused-ring (bicyclic) bond motifs is 1. The van der Waals surface area contributed by atoms with Gasteiger partial charge in [-0.2, -0.15) is 0 Å². The molecule has 1 aliphatic heterocycles. The molecule has 0 spiro atoms. The van der Waals surface area contributed by atoms with Crippen LogP contribution in [0.2, 0.25) is 0 Å². The molecule has 0 bridgehead atoms. The Morgan fingerprint density at radius 2 is 2.30 bits per heavy atom. The Bertz CT molecular complexity index is 483. The van der Waals surface area contributed by atoms with Crippen molar-refractivity contribution in [2.45, 2.75) is 46.0 Å². The van der Waals surface area contributed by atoms with Gasteiger partial charge in [-0.05, 0) is 55.5 Å². The number of rotatable bonds is 2. The van der Waals surface area contributed by atoms with Crippen LogP contribution in [-0.2, 0) is 12.8 Å². The maximum atomic E-state index is 5.82. The number of hydrogen-bond donors (Lipinski definition) is 1. The average Bonchev–Trinajstić information content (AvgIpc) is 2.46. The summed E-state index contributed by atoms with van der Waals surface area (Å²) in [5.74, 6) is 1.52. The first-order chi connectivity index (χ1) is 9.57. The van der Waals surface area contributed by atoms with Gasteiger partial charge in [0.15, 0.2) is 0 Å². The van der Waals surface area contributed by atoms with Crippen LogP contribution >= 0.6 is 0 Å². The van der Waals surface area contributed by atoms with Crippen molar-refractivity contribution in [3.63, 3.8) is 0 Å². The van der Waals surface area contributed by atoms with Crippen LogP contribution in [0.4, 0.5) is 5.95 Å². The number of nitrogens with two attached hydrogens (primary N) is 1. The molecule has 1 saturated heterocycles. The second-order valence-corrected chi connectivity index (χ2v) is 7.17. The minimum absolute atomic E-state index is 0.396. The summed E-state index contributed by atoms with van der Waals surface area (Å²) >= 11 is 0. The van der Waals surface area contributed by atoms with E-state index in [4.69, 9.17) is 10.7 Å². The predicted octanol–water partition coefficient (Wildman–Crippen LogP) is 2.17. The Morgan fingerprint density at radius 3 is 3.10 bits per heavy atom. The van der Waals surface area contributed by atoms with Gasteiger partial charge < -0.3 is 10.6 Å². The zero-order valence-electron chi connectivity index (χ0n) is 12.7. The summed E-state index contributed by atoms with van der Waals surface area (Å²) in [7, 11) is 0. The van der Waals surface area contributed by atoms with Gasteiger partial charge in [0.2, 0.25) is 5.95 Å². The van der Waals surface area contributed by atoms with E-state index in [1.165, 1.54) is 30.5 Å². The number of aromatic nitrogens is 2. The summed E-state index contributed by atoms with van der Waals surface area (Å²) in [6.45, 7) is 7.53. The van der Waals surface area contributed by atoms with Crippen LogP contribution in [0.3, 0.4) is 0 Å². The first-order valence-electron chi connectivity index (χ1n) is 7.87. The Balaban J connectivity index is 1.79. The third kappa shape index (κ3) is 2.80. The van der Waals surface area contributed by atoms with Crippen molar-refractivity contribution in [3.8, 4) is 0 Å². The van der Waals surface area contributed by atoms with Gasteiger partial charge in [-0.25, -0.2) is 9.97 Å². The lowest BCUT2D eigenvalue weighted by Crippen LogP contribution is -2.39. The van der Waals surface area contributed by atoms with Crippen molar-refractivity contribution in [2.24, 2.45) is 17.1 Å². The highest BCUT2D eigenvalue weighted by atomic mass is 15.3. The molecule has 1 aromatic rings. The molecule has 0 radical (unpaired) electrons. The molecule has 1 unspecified atom stereocenters. The Kier molecular flexibility index (Phi) is 3.67. The van der Waals surface area contributed by atoms with E-state index in [1.54, 1.807) is 0 Å². The van der Waals surface area contributed by atoms with Gasteiger partial charge in [0, 0.05) is 25.0 Å². The zero-order chi connectivity index (χ0) is 14.2. The normalized spacial score (nSPS) is 25.4. The van der Waals surface area contributed by atoms with Crippen LogP contribution in [0.25, 0.3) is 0 Å². The van der Waals surface area contributed by atoms with Crippen molar-refractivity contribution in [1.29, 1.82) is 0 Å². The molecule has 0 saturated carbocycles. The smallest absolute Gasteiger partial charge is 0.225 e. The quantitative estimate of drug-likeness (QED) is 0.898. The van der Waals surface area contributed by atoms with E-state index in [1.807, 2.05) is 0 Å². The van der Waals surface area contributed by atoms with Gasteiger partial charge in [0.25, 0.3) is 0 Å². The summed E-state index contributed by atoms with van der Waals surface area (Å²) in [4.78, 5) is 11.8. The molecule has 4 heteroatoms. The fourth-order valence-corrected chi connectivity index (χ4v) is 3.45. The number of nitrogens with zero attached hydrogens (tertiary/aromatic N) is 3. The van der Waals surface area contributed by atoms with E-state index in [2.05, 4.69) is 29.9 Å². The monoisotopic (exact) mass is 274 g/mol. The van der Waals surface area contributed by atoms with Gasteiger partial charge in [0.05, 0.1) is 0 Å². The Hall–Kier alpha value is -1.16. The molecule has 0 aromatic carbocycles. The predicted molar refractivity (Wildman–Crippen MR) is 81.8 cm³/mol. The minimum Gasteiger partial charge on any atom is -0.340 e. The first kappa shape index (κ1) is 13.8. The average molecular weight is 274 g/mol. The Morgan fingerprint density at radius 1 is 1.45 bits per heavy atom. The number of hydrogen-bond acceptors (Lipinski definition) is 4.